The van der Waals surface area contributed by atoms with Gasteiger partial charge >= 0.3 is 0 Å². The van der Waals surface area contributed by atoms with Crippen molar-refractivity contribution in [2.24, 2.45) is 0 Å². The highest BCUT2D eigenvalue weighted by Gasteiger charge is 2.33. The highest BCUT2D eigenvalue weighted by molar-refractivity contribution is 5.87. The molecule has 4 aromatic rings. The minimum Gasteiger partial charge on any atom is -0.497 e. The van der Waals surface area contributed by atoms with Gasteiger partial charge in [-0.05, 0) is 71.8 Å². The molecule has 0 saturated carbocycles. The number of aliphatic hydroxyl groups excluding tert-OH is 1. The van der Waals surface area contributed by atoms with Crippen LogP contribution in [0.2, 0.25) is 0 Å². The summed E-state index contributed by atoms with van der Waals surface area (Å²) >= 11 is 0. The van der Waals surface area contributed by atoms with Crippen LogP contribution < -0.4 is 14.2 Å². The Balaban J connectivity index is 1.35. The van der Waals surface area contributed by atoms with Crippen molar-refractivity contribution in [1.29, 1.82) is 0 Å². The topological polar surface area (TPSA) is 56.1 Å². The van der Waals surface area contributed by atoms with Crippen molar-refractivity contribution < 1.29 is 19.3 Å². The van der Waals surface area contributed by atoms with Gasteiger partial charge in [-0.3, -0.25) is 4.90 Å². The van der Waals surface area contributed by atoms with Gasteiger partial charge in [-0.15, -0.1) is 0 Å². The Morgan fingerprint density at radius 2 is 1.81 bits per heavy atom. The van der Waals surface area contributed by atoms with Crippen LogP contribution in [0.15, 0.2) is 60.7 Å². The maximum atomic E-state index is 10.3. The molecule has 2 aliphatic heterocycles. The number of aliphatic hydroxyl groups is 1. The maximum Gasteiger partial charge on any atom is 0.162 e. The SMILES string of the molecule is COc1ccc2c(c1)c1c(n2CO)CN2CCc3cc(OC)c(OCc4ccccc4)cc3[C@@H]2CC1. The third-order valence-electron chi connectivity index (χ3n) is 7.79. The Labute approximate surface area is 211 Å². The fraction of sp³-hybridized carbons (Fsp3) is 0.333. The van der Waals surface area contributed by atoms with E-state index in [-0.39, 0.29) is 6.73 Å². The van der Waals surface area contributed by atoms with Gasteiger partial charge < -0.3 is 23.9 Å². The summed E-state index contributed by atoms with van der Waals surface area (Å²) in [5, 5.41) is 11.5. The second-order valence-corrected chi connectivity index (χ2v) is 9.63. The van der Waals surface area contributed by atoms with Crippen molar-refractivity contribution in [2.45, 2.75) is 45.2 Å². The average Bonchev–Trinajstić information content (AvgIpc) is 3.08. The molecule has 1 atom stereocenters. The first kappa shape index (κ1) is 23.0. The van der Waals surface area contributed by atoms with E-state index in [0.717, 1.165) is 60.7 Å². The molecular weight excluding hydrogens is 452 g/mol. The molecule has 0 fully saturated rings. The van der Waals surface area contributed by atoms with Crippen LogP contribution >= 0.6 is 0 Å². The molecule has 186 valence electrons. The van der Waals surface area contributed by atoms with Gasteiger partial charge in [0.05, 0.1) is 19.7 Å². The van der Waals surface area contributed by atoms with E-state index < -0.39 is 0 Å². The van der Waals surface area contributed by atoms with Gasteiger partial charge in [0.2, 0.25) is 0 Å². The number of hydrogen-bond donors (Lipinski definition) is 1. The third-order valence-corrected chi connectivity index (χ3v) is 7.79. The second-order valence-electron chi connectivity index (χ2n) is 9.63. The number of hydrogen-bond acceptors (Lipinski definition) is 5. The third kappa shape index (κ3) is 3.91. The Bertz CT molecular complexity index is 1400. The minimum atomic E-state index is -0.0259. The molecule has 0 saturated heterocycles. The van der Waals surface area contributed by atoms with Crippen molar-refractivity contribution in [1.82, 2.24) is 9.47 Å². The number of fused-ring (bicyclic) bond motifs is 6. The number of rotatable bonds is 6. The summed E-state index contributed by atoms with van der Waals surface area (Å²) in [5.74, 6) is 2.43. The van der Waals surface area contributed by atoms with Gasteiger partial charge in [0.25, 0.3) is 0 Å². The fourth-order valence-electron chi connectivity index (χ4n) is 5.97. The predicted molar refractivity (Wildman–Crippen MR) is 140 cm³/mol. The Kier molecular flexibility index (Phi) is 6.07. The van der Waals surface area contributed by atoms with E-state index in [1.807, 2.05) is 24.3 Å². The summed E-state index contributed by atoms with van der Waals surface area (Å²) in [4.78, 5) is 2.56. The molecule has 0 unspecified atom stereocenters. The molecule has 0 spiro atoms. The van der Waals surface area contributed by atoms with Gasteiger partial charge in [0.1, 0.15) is 19.1 Å². The molecule has 2 aliphatic rings. The van der Waals surface area contributed by atoms with Crippen molar-refractivity contribution in [2.75, 3.05) is 20.8 Å². The summed E-state index contributed by atoms with van der Waals surface area (Å²) in [6.45, 7) is 2.26. The molecule has 36 heavy (non-hydrogen) atoms. The standard InChI is InChI=1S/C30H32N2O4/c1-34-22-8-10-27-25(15-22)23-9-11-26-24-16-30(36-18-20-6-4-3-5-7-20)29(35-2)14-21(24)12-13-31(26)17-28(23)32(27)19-33/h3-8,10,14-16,26,33H,9,11-13,17-19H2,1-2H3/t26-/m0/s1. The first-order valence-corrected chi connectivity index (χ1v) is 12.6. The number of methoxy groups -OCH3 is 2. The second kappa shape index (κ2) is 9.52. The van der Waals surface area contributed by atoms with E-state index in [1.54, 1.807) is 14.2 Å². The van der Waals surface area contributed by atoms with Crippen molar-refractivity contribution >= 4 is 10.9 Å². The Morgan fingerprint density at radius 3 is 2.58 bits per heavy atom. The first-order valence-electron chi connectivity index (χ1n) is 12.6. The molecular formula is C30H32N2O4. The number of nitrogens with zero attached hydrogens (tertiary/aromatic N) is 2. The van der Waals surface area contributed by atoms with E-state index in [0.29, 0.717) is 12.6 Å². The zero-order valence-corrected chi connectivity index (χ0v) is 20.9. The van der Waals surface area contributed by atoms with E-state index >= 15 is 0 Å². The quantitative estimate of drug-likeness (QED) is 0.406. The Hall–Kier alpha value is -3.48. The maximum absolute atomic E-state index is 10.3. The van der Waals surface area contributed by atoms with Gasteiger partial charge in [-0.2, -0.15) is 0 Å². The van der Waals surface area contributed by atoms with Crippen LogP contribution in [-0.2, 0) is 32.7 Å². The van der Waals surface area contributed by atoms with Gasteiger partial charge in [-0.1, -0.05) is 30.3 Å². The van der Waals surface area contributed by atoms with Gasteiger partial charge in [0, 0.05) is 30.2 Å². The molecule has 3 aromatic carbocycles. The lowest BCUT2D eigenvalue weighted by Gasteiger charge is -2.37. The molecule has 6 heteroatoms. The minimum absolute atomic E-state index is 0.0259. The normalized spacial score (nSPS) is 17.1. The van der Waals surface area contributed by atoms with E-state index in [1.165, 1.54) is 27.8 Å². The molecule has 0 aliphatic carbocycles. The number of aromatic nitrogens is 1. The van der Waals surface area contributed by atoms with Gasteiger partial charge in [-0.25, -0.2) is 0 Å². The average molecular weight is 485 g/mol. The summed E-state index contributed by atoms with van der Waals surface area (Å²) in [6.07, 6.45) is 2.91. The number of aryl methyl sites for hydroxylation is 1. The van der Waals surface area contributed by atoms with Crippen LogP contribution in [0.3, 0.4) is 0 Å². The molecule has 1 N–H and O–H groups in total. The van der Waals surface area contributed by atoms with E-state index in [9.17, 15) is 5.11 Å². The number of benzene rings is 3. The fourth-order valence-corrected chi connectivity index (χ4v) is 5.97. The molecule has 6 rings (SSSR count). The van der Waals surface area contributed by atoms with E-state index in [4.69, 9.17) is 14.2 Å². The summed E-state index contributed by atoms with van der Waals surface area (Å²) in [6, 6.07) is 21.0. The zero-order valence-electron chi connectivity index (χ0n) is 20.9. The smallest absolute Gasteiger partial charge is 0.162 e. The molecule has 0 radical (unpaired) electrons. The van der Waals surface area contributed by atoms with E-state index in [2.05, 4.69) is 45.9 Å². The predicted octanol–water partition coefficient (Wildman–Crippen LogP) is 5.23. The molecule has 3 heterocycles. The lowest BCUT2D eigenvalue weighted by atomic mass is 9.89. The molecule has 6 nitrogen and oxygen atoms in total. The van der Waals surface area contributed by atoms with Crippen LogP contribution in [0.5, 0.6) is 17.2 Å². The lowest BCUT2D eigenvalue weighted by molar-refractivity contribution is 0.160. The van der Waals surface area contributed by atoms with Gasteiger partial charge in [0.15, 0.2) is 11.5 Å². The van der Waals surface area contributed by atoms with Crippen molar-refractivity contribution in [3.63, 3.8) is 0 Å². The monoisotopic (exact) mass is 484 g/mol. The van der Waals surface area contributed by atoms with Crippen LogP contribution in [-0.4, -0.2) is 35.3 Å². The van der Waals surface area contributed by atoms with Crippen molar-refractivity contribution in [3.05, 3.63) is 88.6 Å². The lowest BCUT2D eigenvalue weighted by Crippen LogP contribution is -2.35. The number of ether oxygens (including phenoxy) is 3. The molecule has 1 aromatic heterocycles. The summed E-state index contributed by atoms with van der Waals surface area (Å²) < 4.78 is 19.6. The molecule has 0 amide bonds. The van der Waals surface area contributed by atoms with Crippen LogP contribution in [0.1, 0.15) is 40.4 Å². The Morgan fingerprint density at radius 1 is 0.944 bits per heavy atom. The van der Waals surface area contributed by atoms with Crippen LogP contribution in [0.4, 0.5) is 0 Å². The zero-order chi connectivity index (χ0) is 24.6. The van der Waals surface area contributed by atoms with Crippen molar-refractivity contribution in [3.8, 4) is 17.2 Å². The highest BCUT2D eigenvalue weighted by atomic mass is 16.5. The van der Waals surface area contributed by atoms with Crippen LogP contribution in [0.25, 0.3) is 10.9 Å². The summed E-state index contributed by atoms with van der Waals surface area (Å²) in [5.41, 5.74) is 7.40. The molecule has 0 bridgehead atoms. The largest absolute Gasteiger partial charge is 0.497 e. The first-order chi connectivity index (χ1) is 17.7. The summed E-state index contributed by atoms with van der Waals surface area (Å²) in [7, 11) is 3.41. The highest BCUT2D eigenvalue weighted by Crippen LogP contribution is 2.44. The van der Waals surface area contributed by atoms with Crippen LogP contribution in [0, 0.1) is 0 Å².